The molecule has 0 unspecified atom stereocenters. The largest absolute Gasteiger partial charge is 0.453 e. The third-order valence-corrected chi connectivity index (χ3v) is 6.37. The van der Waals surface area contributed by atoms with Crippen molar-refractivity contribution in [1.29, 1.82) is 0 Å². The zero-order chi connectivity index (χ0) is 19.4. The summed E-state index contributed by atoms with van der Waals surface area (Å²) in [6, 6.07) is 10.2. The quantitative estimate of drug-likeness (QED) is 0.553. The number of aryl methyl sites for hydroxylation is 1. The molecule has 0 radical (unpaired) electrons. The molecule has 0 aliphatic heterocycles. The Kier molecular flexibility index (Phi) is 5.71. The van der Waals surface area contributed by atoms with Gasteiger partial charge in [-0.3, -0.25) is 4.79 Å². The summed E-state index contributed by atoms with van der Waals surface area (Å²) in [7, 11) is -3.55. The second kappa shape index (κ2) is 8.01. The second-order valence-electron chi connectivity index (χ2n) is 5.94. The van der Waals surface area contributed by atoms with Gasteiger partial charge in [-0.05, 0) is 37.4 Å². The van der Waals surface area contributed by atoms with Crippen molar-refractivity contribution in [2.24, 2.45) is 0 Å². The van der Waals surface area contributed by atoms with Gasteiger partial charge in [-0.2, -0.15) is 0 Å². The molecule has 2 heterocycles. The van der Waals surface area contributed by atoms with Crippen LogP contribution in [0.15, 0.2) is 51.1 Å². The first kappa shape index (κ1) is 19.2. The molecular formula is C18H18N2O5S2. The molecule has 3 rings (SSSR count). The van der Waals surface area contributed by atoms with Crippen molar-refractivity contribution in [3.63, 3.8) is 0 Å². The van der Waals surface area contributed by atoms with E-state index in [0.717, 1.165) is 10.4 Å². The van der Waals surface area contributed by atoms with E-state index in [1.54, 1.807) is 19.1 Å². The van der Waals surface area contributed by atoms with Gasteiger partial charge in [0.15, 0.2) is 15.9 Å². The van der Waals surface area contributed by atoms with Crippen LogP contribution in [0.1, 0.15) is 30.9 Å². The first-order chi connectivity index (χ1) is 12.8. The fourth-order valence-corrected chi connectivity index (χ4v) is 4.15. The number of ether oxygens (including phenoxy) is 1. The van der Waals surface area contributed by atoms with Crippen LogP contribution < -0.4 is 0 Å². The minimum atomic E-state index is -3.55. The van der Waals surface area contributed by atoms with E-state index in [4.69, 9.17) is 9.15 Å². The minimum Gasteiger partial charge on any atom is -0.453 e. The summed E-state index contributed by atoms with van der Waals surface area (Å²) in [6.07, 6.45) is -1.02. The molecule has 0 saturated carbocycles. The molecule has 0 aliphatic rings. The molecule has 2 aromatic heterocycles. The number of carbonyl (C=O) groups excluding carboxylic acids is 1. The van der Waals surface area contributed by atoms with Crippen molar-refractivity contribution < 1.29 is 22.4 Å². The van der Waals surface area contributed by atoms with E-state index in [9.17, 15) is 13.2 Å². The van der Waals surface area contributed by atoms with Crippen molar-refractivity contribution >= 4 is 27.1 Å². The number of nitrogens with zero attached hydrogens (tertiary/aromatic N) is 2. The molecule has 0 bridgehead atoms. The van der Waals surface area contributed by atoms with Crippen LogP contribution in [0.2, 0.25) is 0 Å². The summed E-state index contributed by atoms with van der Waals surface area (Å²) in [6.45, 7) is 3.47. The van der Waals surface area contributed by atoms with Gasteiger partial charge in [0.05, 0.1) is 21.9 Å². The number of esters is 1. The van der Waals surface area contributed by atoms with Crippen molar-refractivity contribution in [1.82, 2.24) is 10.2 Å². The summed E-state index contributed by atoms with van der Waals surface area (Å²) in [5, 5.41) is 9.70. The van der Waals surface area contributed by atoms with E-state index in [1.165, 1.54) is 23.5 Å². The number of hydrogen-bond donors (Lipinski definition) is 0. The van der Waals surface area contributed by atoms with Crippen LogP contribution in [0.4, 0.5) is 0 Å². The van der Waals surface area contributed by atoms with E-state index in [1.807, 2.05) is 24.4 Å². The second-order valence-corrected chi connectivity index (χ2v) is 8.99. The van der Waals surface area contributed by atoms with Crippen LogP contribution in [0.3, 0.4) is 0 Å². The smallest absolute Gasteiger partial charge is 0.307 e. The predicted molar refractivity (Wildman–Crippen MR) is 100.0 cm³/mol. The lowest BCUT2D eigenvalue weighted by molar-refractivity contribution is -0.149. The highest BCUT2D eigenvalue weighted by molar-refractivity contribution is 7.91. The van der Waals surface area contributed by atoms with E-state index >= 15 is 0 Å². The number of aromatic nitrogens is 2. The number of carbonyl (C=O) groups is 1. The molecule has 1 aromatic carbocycles. The Labute approximate surface area is 160 Å². The number of sulfone groups is 1. The third kappa shape index (κ3) is 4.81. The Morgan fingerprint density at radius 1 is 1.22 bits per heavy atom. The van der Waals surface area contributed by atoms with Crippen molar-refractivity contribution in [3.05, 3.63) is 53.2 Å². The van der Waals surface area contributed by atoms with Gasteiger partial charge in [-0.1, -0.05) is 23.8 Å². The van der Waals surface area contributed by atoms with Gasteiger partial charge < -0.3 is 9.15 Å². The first-order valence-electron chi connectivity index (χ1n) is 8.21. The van der Waals surface area contributed by atoms with E-state index in [-0.39, 0.29) is 23.0 Å². The molecule has 142 valence electrons. The molecule has 3 aromatic rings. The van der Waals surface area contributed by atoms with Crippen molar-refractivity contribution in [3.8, 4) is 10.8 Å². The van der Waals surface area contributed by atoms with Crippen LogP contribution in [-0.4, -0.2) is 30.3 Å². The zero-order valence-electron chi connectivity index (χ0n) is 14.8. The molecular weight excluding hydrogens is 388 g/mol. The summed E-state index contributed by atoms with van der Waals surface area (Å²) in [5.41, 5.74) is 0.962. The number of thiophene rings is 1. The van der Waals surface area contributed by atoms with E-state index in [0.29, 0.717) is 5.89 Å². The average molecular weight is 406 g/mol. The molecule has 9 heteroatoms. The Morgan fingerprint density at radius 2 is 1.96 bits per heavy atom. The van der Waals surface area contributed by atoms with Gasteiger partial charge in [0, 0.05) is 0 Å². The van der Waals surface area contributed by atoms with Gasteiger partial charge in [-0.15, -0.1) is 21.5 Å². The van der Waals surface area contributed by atoms with Gasteiger partial charge in [-0.25, -0.2) is 8.42 Å². The highest BCUT2D eigenvalue weighted by Gasteiger charge is 2.22. The average Bonchev–Trinajstić information content (AvgIpc) is 3.31. The SMILES string of the molecule is Cc1ccc(S(=O)(=O)CCC(=O)O[C@@H](C)c2nnc(-c3cccs3)o2)cc1. The fourth-order valence-electron chi connectivity index (χ4n) is 2.29. The molecule has 1 atom stereocenters. The van der Waals surface area contributed by atoms with Gasteiger partial charge in [0.25, 0.3) is 11.8 Å². The summed E-state index contributed by atoms with van der Waals surface area (Å²) < 4.78 is 35.3. The maximum Gasteiger partial charge on any atom is 0.307 e. The van der Waals surface area contributed by atoms with Crippen LogP contribution in [-0.2, 0) is 19.4 Å². The molecule has 0 saturated heterocycles. The van der Waals surface area contributed by atoms with Crippen molar-refractivity contribution in [2.45, 2.75) is 31.3 Å². The van der Waals surface area contributed by atoms with Crippen molar-refractivity contribution in [2.75, 3.05) is 5.75 Å². The molecule has 0 N–H and O–H groups in total. The monoisotopic (exact) mass is 406 g/mol. The first-order valence-corrected chi connectivity index (χ1v) is 10.7. The van der Waals surface area contributed by atoms with Crippen LogP contribution in [0.5, 0.6) is 0 Å². The fraction of sp³-hybridized carbons (Fsp3) is 0.278. The zero-order valence-corrected chi connectivity index (χ0v) is 16.4. The Morgan fingerprint density at radius 3 is 2.63 bits per heavy atom. The maximum absolute atomic E-state index is 12.3. The molecule has 0 spiro atoms. The normalized spacial score (nSPS) is 12.7. The summed E-state index contributed by atoms with van der Waals surface area (Å²) >= 11 is 1.45. The van der Waals surface area contributed by atoms with Crippen LogP contribution in [0.25, 0.3) is 10.8 Å². The molecule has 0 aliphatic carbocycles. The van der Waals surface area contributed by atoms with Gasteiger partial charge in [0.1, 0.15) is 0 Å². The predicted octanol–water partition coefficient (Wildman–Crippen LogP) is 3.57. The lowest BCUT2D eigenvalue weighted by Crippen LogP contribution is -2.15. The maximum atomic E-state index is 12.3. The molecule has 27 heavy (non-hydrogen) atoms. The number of benzene rings is 1. The Balaban J connectivity index is 1.56. The summed E-state index contributed by atoms with van der Waals surface area (Å²) in [5.74, 6) is -0.460. The molecule has 7 nitrogen and oxygen atoms in total. The Hall–Kier alpha value is -2.52. The highest BCUT2D eigenvalue weighted by Crippen LogP contribution is 2.26. The Bertz CT molecular complexity index is 1010. The molecule has 0 fully saturated rings. The minimum absolute atomic E-state index is 0.160. The van der Waals surface area contributed by atoms with E-state index < -0.39 is 21.9 Å². The highest BCUT2D eigenvalue weighted by atomic mass is 32.2. The lowest BCUT2D eigenvalue weighted by Gasteiger charge is -2.09. The number of rotatable bonds is 7. The van der Waals surface area contributed by atoms with Crippen LogP contribution >= 0.6 is 11.3 Å². The van der Waals surface area contributed by atoms with Crippen LogP contribution in [0, 0.1) is 6.92 Å². The topological polar surface area (TPSA) is 99.4 Å². The lowest BCUT2D eigenvalue weighted by atomic mass is 10.2. The van der Waals surface area contributed by atoms with E-state index in [2.05, 4.69) is 10.2 Å². The number of hydrogen-bond acceptors (Lipinski definition) is 8. The third-order valence-electron chi connectivity index (χ3n) is 3.78. The summed E-state index contributed by atoms with van der Waals surface area (Å²) in [4.78, 5) is 13.0. The van der Waals surface area contributed by atoms with Gasteiger partial charge in [0.2, 0.25) is 0 Å². The van der Waals surface area contributed by atoms with Gasteiger partial charge >= 0.3 is 5.97 Å². The standard InChI is InChI=1S/C18H18N2O5S2/c1-12-5-7-14(8-6-12)27(22,23)11-9-16(21)24-13(2)17-19-20-18(25-17)15-4-3-10-26-15/h3-8,10,13H,9,11H2,1-2H3/t13-/m0/s1. The molecule has 0 amide bonds.